The molecule has 0 aromatic heterocycles. The van der Waals surface area contributed by atoms with Crippen molar-refractivity contribution in [3.8, 4) is 0 Å². The van der Waals surface area contributed by atoms with E-state index < -0.39 is 0 Å². The number of hydrogen-bond donors (Lipinski definition) is 2. The van der Waals surface area contributed by atoms with Gasteiger partial charge in [-0.25, -0.2) is 4.79 Å². The third-order valence-electron chi connectivity index (χ3n) is 3.45. The molecule has 22 heavy (non-hydrogen) atoms. The van der Waals surface area contributed by atoms with Crippen molar-refractivity contribution in [2.45, 2.75) is 13.3 Å². The van der Waals surface area contributed by atoms with E-state index in [1.807, 2.05) is 6.92 Å². The third-order valence-corrected chi connectivity index (χ3v) is 3.45. The van der Waals surface area contributed by atoms with Crippen LogP contribution in [0, 0.1) is 0 Å². The van der Waals surface area contributed by atoms with Gasteiger partial charge in [-0.1, -0.05) is 6.92 Å². The lowest BCUT2D eigenvalue weighted by Gasteiger charge is -2.23. The monoisotopic (exact) mass is 307 g/mol. The van der Waals surface area contributed by atoms with E-state index >= 15 is 0 Å². The molecule has 0 aliphatic carbocycles. The zero-order chi connectivity index (χ0) is 15.8. The number of morpholine rings is 1. The number of nitrogens with one attached hydrogen (secondary N) is 2. The Balaban J connectivity index is 1.82. The standard InChI is InChI=1S/C16H22N2O4/c1-2-9-22-16(20)13-3-5-14(6-4-13)17-15(19)12-18-7-10-21-11-8-18/h3-6H,2,7-12H2,1H3,(H,17,19)/p+1. The van der Waals surface area contributed by atoms with E-state index in [0.29, 0.717) is 37.6 Å². The van der Waals surface area contributed by atoms with Crippen LogP contribution < -0.4 is 10.2 Å². The number of ether oxygens (including phenoxy) is 2. The first-order chi connectivity index (χ1) is 10.7. The largest absolute Gasteiger partial charge is 0.462 e. The average Bonchev–Trinajstić information content (AvgIpc) is 2.54. The number of anilines is 1. The molecule has 6 heteroatoms. The van der Waals surface area contributed by atoms with Gasteiger partial charge in [0.1, 0.15) is 13.1 Å². The summed E-state index contributed by atoms with van der Waals surface area (Å²) in [5.74, 6) is -0.365. The summed E-state index contributed by atoms with van der Waals surface area (Å²) in [6.45, 7) is 5.92. The number of esters is 1. The summed E-state index contributed by atoms with van der Waals surface area (Å²) in [5, 5.41) is 2.85. The maximum Gasteiger partial charge on any atom is 0.338 e. The van der Waals surface area contributed by atoms with Gasteiger partial charge in [0.05, 0.1) is 25.4 Å². The van der Waals surface area contributed by atoms with Crippen molar-refractivity contribution in [3.63, 3.8) is 0 Å². The third kappa shape index (κ3) is 5.13. The summed E-state index contributed by atoms with van der Waals surface area (Å²) in [6, 6.07) is 6.76. The smallest absolute Gasteiger partial charge is 0.338 e. The zero-order valence-corrected chi connectivity index (χ0v) is 12.9. The fourth-order valence-corrected chi connectivity index (χ4v) is 2.24. The van der Waals surface area contributed by atoms with Crippen molar-refractivity contribution >= 4 is 17.6 Å². The van der Waals surface area contributed by atoms with Gasteiger partial charge in [-0.3, -0.25) is 4.79 Å². The van der Waals surface area contributed by atoms with Crippen LogP contribution in [0.3, 0.4) is 0 Å². The van der Waals surface area contributed by atoms with Crippen molar-refractivity contribution in [3.05, 3.63) is 29.8 Å². The van der Waals surface area contributed by atoms with Crippen LogP contribution in [0.25, 0.3) is 0 Å². The first-order valence-electron chi connectivity index (χ1n) is 7.67. The molecule has 1 aliphatic heterocycles. The molecule has 6 nitrogen and oxygen atoms in total. The quantitative estimate of drug-likeness (QED) is 0.732. The fraction of sp³-hybridized carbons (Fsp3) is 0.500. The van der Waals surface area contributed by atoms with Crippen molar-refractivity contribution in [1.82, 2.24) is 0 Å². The number of rotatable bonds is 6. The van der Waals surface area contributed by atoms with Crippen LogP contribution in [0.2, 0.25) is 0 Å². The topological polar surface area (TPSA) is 69.1 Å². The molecule has 1 heterocycles. The van der Waals surface area contributed by atoms with Gasteiger partial charge in [0, 0.05) is 5.69 Å². The molecule has 0 bridgehead atoms. The fourth-order valence-electron chi connectivity index (χ4n) is 2.24. The molecule has 2 rings (SSSR count). The number of carbonyl (C=O) groups is 2. The Labute approximate surface area is 130 Å². The minimum Gasteiger partial charge on any atom is -0.462 e. The molecule has 1 aliphatic rings. The summed E-state index contributed by atoms with van der Waals surface area (Å²) in [6.07, 6.45) is 0.795. The second kappa shape index (κ2) is 8.51. The van der Waals surface area contributed by atoms with E-state index in [4.69, 9.17) is 9.47 Å². The number of amides is 1. The summed E-state index contributed by atoms with van der Waals surface area (Å²) in [7, 11) is 0. The highest BCUT2D eigenvalue weighted by molar-refractivity contribution is 5.93. The first-order valence-corrected chi connectivity index (χ1v) is 7.67. The average molecular weight is 307 g/mol. The van der Waals surface area contributed by atoms with Crippen molar-refractivity contribution in [2.24, 2.45) is 0 Å². The summed E-state index contributed by atoms with van der Waals surface area (Å²) in [4.78, 5) is 24.9. The Morgan fingerprint density at radius 1 is 1.23 bits per heavy atom. The van der Waals surface area contributed by atoms with Crippen LogP contribution in [0.5, 0.6) is 0 Å². The second-order valence-corrected chi connectivity index (χ2v) is 5.30. The normalized spacial score (nSPS) is 15.3. The van der Waals surface area contributed by atoms with Crippen molar-refractivity contribution in [2.75, 3.05) is 44.8 Å². The molecule has 0 spiro atoms. The van der Waals surface area contributed by atoms with Gasteiger partial charge >= 0.3 is 5.97 Å². The van der Waals surface area contributed by atoms with Crippen LogP contribution in [0.15, 0.2) is 24.3 Å². The minimum atomic E-state index is -0.336. The molecule has 1 saturated heterocycles. The summed E-state index contributed by atoms with van der Waals surface area (Å²) in [5.41, 5.74) is 1.18. The van der Waals surface area contributed by atoms with Gasteiger partial charge in [-0.05, 0) is 30.7 Å². The van der Waals surface area contributed by atoms with E-state index in [9.17, 15) is 9.59 Å². The van der Waals surface area contributed by atoms with Crippen molar-refractivity contribution in [1.29, 1.82) is 0 Å². The highest BCUT2D eigenvalue weighted by Gasteiger charge is 2.17. The molecule has 1 fully saturated rings. The van der Waals surface area contributed by atoms with Crippen LogP contribution in [-0.4, -0.2) is 51.3 Å². The molecule has 120 valence electrons. The zero-order valence-electron chi connectivity index (χ0n) is 12.9. The van der Waals surface area contributed by atoms with Gasteiger partial charge in [-0.2, -0.15) is 0 Å². The number of benzene rings is 1. The summed E-state index contributed by atoms with van der Waals surface area (Å²) < 4.78 is 10.3. The maximum absolute atomic E-state index is 12.0. The highest BCUT2D eigenvalue weighted by Crippen LogP contribution is 2.10. The predicted molar refractivity (Wildman–Crippen MR) is 82.0 cm³/mol. The van der Waals surface area contributed by atoms with Crippen LogP contribution >= 0.6 is 0 Å². The minimum absolute atomic E-state index is 0.0294. The molecule has 0 radical (unpaired) electrons. The SMILES string of the molecule is CCCOC(=O)c1ccc(NC(=O)C[NH+]2CCOCC2)cc1. The first kappa shape index (κ1) is 16.5. The molecular formula is C16H23N2O4+. The van der Waals surface area contributed by atoms with Crippen LogP contribution in [0.1, 0.15) is 23.7 Å². The van der Waals surface area contributed by atoms with Crippen molar-refractivity contribution < 1.29 is 24.0 Å². The Bertz CT molecular complexity index is 495. The van der Waals surface area contributed by atoms with Gasteiger partial charge in [0.2, 0.25) is 0 Å². The van der Waals surface area contributed by atoms with E-state index in [1.54, 1.807) is 24.3 Å². The van der Waals surface area contributed by atoms with E-state index in [0.717, 1.165) is 19.5 Å². The lowest BCUT2D eigenvalue weighted by Crippen LogP contribution is -3.15. The lowest BCUT2D eigenvalue weighted by molar-refractivity contribution is -0.899. The molecular weight excluding hydrogens is 284 g/mol. The predicted octanol–water partition coefficient (Wildman–Crippen LogP) is 0.107. The number of quaternary nitrogens is 1. The molecule has 2 N–H and O–H groups in total. The van der Waals surface area contributed by atoms with E-state index in [1.165, 1.54) is 4.90 Å². The number of carbonyl (C=O) groups excluding carboxylic acids is 2. The van der Waals surface area contributed by atoms with Gasteiger partial charge < -0.3 is 19.7 Å². The number of hydrogen-bond acceptors (Lipinski definition) is 4. The Morgan fingerprint density at radius 3 is 2.55 bits per heavy atom. The van der Waals surface area contributed by atoms with E-state index in [-0.39, 0.29) is 11.9 Å². The second-order valence-electron chi connectivity index (χ2n) is 5.30. The Kier molecular flexibility index (Phi) is 6.36. The van der Waals surface area contributed by atoms with Gasteiger partial charge in [0.15, 0.2) is 6.54 Å². The lowest BCUT2D eigenvalue weighted by atomic mass is 10.2. The van der Waals surface area contributed by atoms with Crippen LogP contribution in [0.4, 0.5) is 5.69 Å². The molecule has 1 aromatic carbocycles. The highest BCUT2D eigenvalue weighted by atomic mass is 16.5. The molecule has 0 saturated carbocycles. The van der Waals surface area contributed by atoms with Gasteiger partial charge in [0.25, 0.3) is 5.91 Å². The molecule has 1 amide bonds. The Morgan fingerprint density at radius 2 is 1.91 bits per heavy atom. The van der Waals surface area contributed by atoms with Crippen LogP contribution in [-0.2, 0) is 14.3 Å². The molecule has 1 aromatic rings. The summed E-state index contributed by atoms with van der Waals surface area (Å²) >= 11 is 0. The maximum atomic E-state index is 12.0. The van der Waals surface area contributed by atoms with E-state index in [2.05, 4.69) is 5.32 Å². The Hall–Kier alpha value is -1.92. The molecule has 0 unspecified atom stereocenters. The molecule has 0 atom stereocenters. The van der Waals surface area contributed by atoms with Gasteiger partial charge in [-0.15, -0.1) is 0 Å².